The first-order valence-electron chi connectivity index (χ1n) is 6.33. The third-order valence-corrected chi connectivity index (χ3v) is 2.97. The van der Waals surface area contributed by atoms with E-state index >= 15 is 0 Å². The van der Waals surface area contributed by atoms with Gasteiger partial charge in [-0.2, -0.15) is 0 Å². The summed E-state index contributed by atoms with van der Waals surface area (Å²) in [5, 5.41) is 7.19. The third kappa shape index (κ3) is 5.36. The minimum absolute atomic E-state index is 0.422. The highest BCUT2D eigenvalue weighted by molar-refractivity contribution is 7.80. The van der Waals surface area contributed by atoms with Crippen LogP contribution < -0.4 is 15.4 Å². The second kappa shape index (κ2) is 7.93. The van der Waals surface area contributed by atoms with Gasteiger partial charge in [-0.3, -0.25) is 0 Å². The molecule has 1 aromatic carbocycles. The standard InChI is InChI=1S/C14H22N2OS/c1-4-5-11(2)16-14(18)15-10-12-6-8-13(17-3)9-7-12/h6-9,11H,4-5,10H2,1-3H3,(H2,15,16,18). The molecule has 100 valence electrons. The smallest absolute Gasteiger partial charge is 0.166 e. The molecule has 2 N–H and O–H groups in total. The van der Waals surface area contributed by atoms with Crippen molar-refractivity contribution in [2.75, 3.05) is 7.11 Å². The minimum atomic E-state index is 0.422. The topological polar surface area (TPSA) is 33.3 Å². The van der Waals surface area contributed by atoms with Gasteiger partial charge in [-0.15, -0.1) is 0 Å². The van der Waals surface area contributed by atoms with Crippen LogP contribution in [0.1, 0.15) is 32.3 Å². The highest BCUT2D eigenvalue weighted by atomic mass is 32.1. The molecule has 1 atom stereocenters. The van der Waals surface area contributed by atoms with Crippen molar-refractivity contribution >= 4 is 17.3 Å². The van der Waals surface area contributed by atoms with Gasteiger partial charge in [0, 0.05) is 12.6 Å². The molecule has 4 heteroatoms. The molecule has 1 aromatic rings. The zero-order valence-corrected chi connectivity index (χ0v) is 12.1. The molecule has 0 bridgehead atoms. The molecule has 0 spiro atoms. The molecule has 0 saturated carbocycles. The van der Waals surface area contributed by atoms with Gasteiger partial charge in [0.1, 0.15) is 5.75 Å². The average molecular weight is 266 g/mol. The van der Waals surface area contributed by atoms with E-state index in [2.05, 4.69) is 24.5 Å². The first-order valence-corrected chi connectivity index (χ1v) is 6.73. The second-order valence-corrected chi connectivity index (χ2v) is 4.77. The predicted molar refractivity (Wildman–Crippen MR) is 79.9 cm³/mol. The van der Waals surface area contributed by atoms with Crippen molar-refractivity contribution in [2.24, 2.45) is 0 Å². The monoisotopic (exact) mass is 266 g/mol. The van der Waals surface area contributed by atoms with Gasteiger partial charge < -0.3 is 15.4 Å². The van der Waals surface area contributed by atoms with E-state index in [1.807, 2.05) is 24.3 Å². The fourth-order valence-electron chi connectivity index (χ4n) is 1.71. The molecule has 0 radical (unpaired) electrons. The van der Waals surface area contributed by atoms with Gasteiger partial charge in [0.05, 0.1) is 7.11 Å². The Kier molecular flexibility index (Phi) is 6.50. The summed E-state index contributed by atoms with van der Waals surface area (Å²) >= 11 is 5.25. The number of thiocarbonyl (C=S) groups is 1. The van der Waals surface area contributed by atoms with E-state index in [1.165, 1.54) is 5.56 Å². The lowest BCUT2D eigenvalue weighted by atomic mass is 10.2. The maximum absolute atomic E-state index is 5.25. The highest BCUT2D eigenvalue weighted by Crippen LogP contribution is 2.10. The fraction of sp³-hybridized carbons (Fsp3) is 0.500. The maximum Gasteiger partial charge on any atom is 0.166 e. The van der Waals surface area contributed by atoms with E-state index in [1.54, 1.807) is 7.11 Å². The van der Waals surface area contributed by atoms with E-state index < -0.39 is 0 Å². The predicted octanol–water partition coefficient (Wildman–Crippen LogP) is 2.85. The van der Waals surface area contributed by atoms with Crippen LogP contribution in [0.15, 0.2) is 24.3 Å². The first kappa shape index (κ1) is 14.8. The Morgan fingerprint density at radius 2 is 2.00 bits per heavy atom. The average Bonchev–Trinajstić information content (AvgIpc) is 2.37. The van der Waals surface area contributed by atoms with Crippen LogP contribution >= 0.6 is 12.2 Å². The number of nitrogens with one attached hydrogen (secondary N) is 2. The van der Waals surface area contributed by atoms with Crippen molar-refractivity contribution < 1.29 is 4.74 Å². The van der Waals surface area contributed by atoms with Crippen LogP contribution in [0.3, 0.4) is 0 Å². The van der Waals surface area contributed by atoms with Crippen molar-refractivity contribution in [1.29, 1.82) is 0 Å². The summed E-state index contributed by atoms with van der Waals surface area (Å²) in [7, 11) is 1.67. The summed E-state index contributed by atoms with van der Waals surface area (Å²) in [6, 6.07) is 8.39. The van der Waals surface area contributed by atoms with Crippen LogP contribution in [-0.2, 0) is 6.54 Å². The number of hydrogen-bond donors (Lipinski definition) is 2. The number of benzene rings is 1. The Morgan fingerprint density at radius 3 is 2.56 bits per heavy atom. The molecule has 0 fully saturated rings. The van der Waals surface area contributed by atoms with Crippen LogP contribution in [0.5, 0.6) is 5.75 Å². The number of hydrogen-bond acceptors (Lipinski definition) is 2. The van der Waals surface area contributed by atoms with Crippen LogP contribution in [0, 0.1) is 0 Å². The van der Waals surface area contributed by atoms with E-state index in [4.69, 9.17) is 17.0 Å². The summed E-state index contributed by atoms with van der Waals surface area (Å²) in [6.45, 7) is 5.05. The first-order chi connectivity index (χ1) is 8.65. The molecule has 1 rings (SSSR count). The molecule has 0 aromatic heterocycles. The Labute approximate surface area is 115 Å². The van der Waals surface area contributed by atoms with Crippen molar-refractivity contribution in [3.63, 3.8) is 0 Å². The van der Waals surface area contributed by atoms with Gasteiger partial charge in [0.25, 0.3) is 0 Å². The van der Waals surface area contributed by atoms with Gasteiger partial charge in [0.15, 0.2) is 5.11 Å². The van der Waals surface area contributed by atoms with E-state index in [0.29, 0.717) is 11.2 Å². The highest BCUT2D eigenvalue weighted by Gasteiger charge is 2.02. The largest absolute Gasteiger partial charge is 0.497 e. The van der Waals surface area contributed by atoms with Gasteiger partial charge >= 0.3 is 0 Å². The summed E-state index contributed by atoms with van der Waals surface area (Å²) in [5.41, 5.74) is 1.18. The van der Waals surface area contributed by atoms with Gasteiger partial charge in [0.2, 0.25) is 0 Å². The Hall–Kier alpha value is -1.29. The maximum atomic E-state index is 5.25. The van der Waals surface area contributed by atoms with E-state index in [0.717, 1.165) is 25.1 Å². The van der Waals surface area contributed by atoms with Crippen molar-refractivity contribution in [3.05, 3.63) is 29.8 Å². The lowest BCUT2D eigenvalue weighted by Crippen LogP contribution is -2.40. The molecule has 0 heterocycles. The van der Waals surface area contributed by atoms with Gasteiger partial charge in [-0.1, -0.05) is 25.5 Å². The third-order valence-electron chi connectivity index (χ3n) is 2.71. The van der Waals surface area contributed by atoms with Gasteiger partial charge in [-0.25, -0.2) is 0 Å². The van der Waals surface area contributed by atoms with Crippen LogP contribution in [-0.4, -0.2) is 18.3 Å². The molecule has 0 aliphatic heterocycles. The van der Waals surface area contributed by atoms with Crippen molar-refractivity contribution in [3.8, 4) is 5.75 Å². The van der Waals surface area contributed by atoms with E-state index in [-0.39, 0.29) is 0 Å². The Bertz CT molecular complexity index is 365. The molecule has 1 unspecified atom stereocenters. The van der Waals surface area contributed by atoms with Crippen molar-refractivity contribution in [1.82, 2.24) is 10.6 Å². The lowest BCUT2D eigenvalue weighted by molar-refractivity contribution is 0.414. The number of rotatable bonds is 6. The quantitative estimate of drug-likeness (QED) is 0.776. The number of ether oxygens (including phenoxy) is 1. The molecule has 0 amide bonds. The molecule has 0 saturated heterocycles. The van der Waals surface area contributed by atoms with Crippen LogP contribution in [0.4, 0.5) is 0 Å². The SMILES string of the molecule is CCCC(C)NC(=S)NCc1ccc(OC)cc1. The zero-order valence-electron chi connectivity index (χ0n) is 11.3. The zero-order chi connectivity index (χ0) is 13.4. The molecular formula is C14H22N2OS. The fourth-order valence-corrected chi connectivity index (χ4v) is 1.98. The van der Waals surface area contributed by atoms with Crippen LogP contribution in [0.2, 0.25) is 0 Å². The molecule has 0 aliphatic carbocycles. The van der Waals surface area contributed by atoms with E-state index in [9.17, 15) is 0 Å². The van der Waals surface area contributed by atoms with Gasteiger partial charge in [-0.05, 0) is 43.3 Å². The molecule has 18 heavy (non-hydrogen) atoms. The normalized spacial score (nSPS) is 11.7. The Balaban J connectivity index is 2.33. The summed E-state index contributed by atoms with van der Waals surface area (Å²) in [4.78, 5) is 0. The number of methoxy groups -OCH3 is 1. The van der Waals surface area contributed by atoms with Crippen LogP contribution in [0.25, 0.3) is 0 Å². The van der Waals surface area contributed by atoms with Crippen molar-refractivity contribution in [2.45, 2.75) is 39.3 Å². The Morgan fingerprint density at radius 1 is 1.33 bits per heavy atom. The molecule has 0 aliphatic rings. The second-order valence-electron chi connectivity index (χ2n) is 4.36. The summed E-state index contributed by atoms with van der Waals surface area (Å²) in [6.07, 6.45) is 2.29. The minimum Gasteiger partial charge on any atom is -0.497 e. The lowest BCUT2D eigenvalue weighted by Gasteiger charge is -2.16. The molecular weight excluding hydrogens is 244 g/mol. The summed E-state index contributed by atoms with van der Waals surface area (Å²) in [5.74, 6) is 0.871. The molecule has 3 nitrogen and oxygen atoms in total. The summed E-state index contributed by atoms with van der Waals surface area (Å²) < 4.78 is 5.12.